The van der Waals surface area contributed by atoms with E-state index in [9.17, 15) is 20.1 Å². The molecular weight excluding hydrogens is 304 g/mol. The summed E-state index contributed by atoms with van der Waals surface area (Å²) in [6.07, 6.45) is 12.0. The van der Waals surface area contributed by atoms with Gasteiger partial charge in [-0.25, -0.2) is 0 Å². The van der Waals surface area contributed by atoms with E-state index in [4.69, 9.17) is 0 Å². The molecule has 0 heterocycles. The van der Waals surface area contributed by atoms with Gasteiger partial charge in [0.1, 0.15) is 17.3 Å². The van der Waals surface area contributed by atoms with Crippen molar-refractivity contribution in [3.05, 3.63) is 77.6 Å². The number of phenols is 2. The summed E-state index contributed by atoms with van der Waals surface area (Å²) in [7, 11) is 0. The lowest BCUT2D eigenvalue weighted by atomic mass is 9.97. The summed E-state index contributed by atoms with van der Waals surface area (Å²) in [6.45, 7) is 5.50. The van der Waals surface area contributed by atoms with E-state index in [0.29, 0.717) is 6.42 Å². The van der Waals surface area contributed by atoms with Gasteiger partial charge in [0, 0.05) is 0 Å². The Morgan fingerprint density at radius 1 is 1.25 bits per heavy atom. The van der Waals surface area contributed by atoms with Crippen molar-refractivity contribution >= 4 is 11.9 Å². The average molecular weight is 324 g/mol. The summed E-state index contributed by atoms with van der Waals surface area (Å²) in [4.78, 5) is 12.3. The Bertz CT molecular complexity index is 779. The monoisotopic (exact) mass is 324 g/mol. The third kappa shape index (κ3) is 4.26. The summed E-state index contributed by atoms with van der Waals surface area (Å²) in [6, 6.07) is 2.76. The number of allylic oxidation sites excluding steroid dienone is 7. The normalized spacial score (nSPS) is 17.4. The van der Waals surface area contributed by atoms with Crippen LogP contribution in [0.5, 0.6) is 11.5 Å². The van der Waals surface area contributed by atoms with E-state index in [0.717, 1.165) is 5.57 Å². The second-order valence-electron chi connectivity index (χ2n) is 5.69. The summed E-state index contributed by atoms with van der Waals surface area (Å²) in [5.41, 5.74) is 1.05. The molecule has 2 rings (SSSR count). The maximum Gasteiger partial charge on any atom is 0.189 e. The lowest BCUT2D eigenvalue weighted by Crippen LogP contribution is -2.00. The predicted molar refractivity (Wildman–Crippen MR) is 95.0 cm³/mol. The van der Waals surface area contributed by atoms with Gasteiger partial charge in [-0.1, -0.05) is 30.4 Å². The van der Waals surface area contributed by atoms with Crippen LogP contribution in [0.3, 0.4) is 0 Å². The van der Waals surface area contributed by atoms with E-state index >= 15 is 0 Å². The predicted octanol–water partition coefficient (Wildman–Crippen LogP) is 4.44. The zero-order valence-electron chi connectivity index (χ0n) is 13.4. The molecule has 124 valence electrons. The highest BCUT2D eigenvalue weighted by Gasteiger charge is 2.15. The van der Waals surface area contributed by atoms with E-state index in [1.807, 2.05) is 0 Å². The van der Waals surface area contributed by atoms with Crippen molar-refractivity contribution in [2.24, 2.45) is 5.92 Å². The molecule has 0 saturated heterocycles. The molecule has 0 radical (unpaired) electrons. The Morgan fingerprint density at radius 2 is 2.00 bits per heavy atom. The zero-order valence-corrected chi connectivity index (χ0v) is 13.4. The highest BCUT2D eigenvalue weighted by Crippen LogP contribution is 2.32. The molecule has 0 amide bonds. The first-order valence-electron chi connectivity index (χ1n) is 7.57. The molecule has 1 atom stereocenters. The number of rotatable bonds is 5. The maximum absolute atomic E-state index is 12.3. The van der Waals surface area contributed by atoms with Crippen molar-refractivity contribution < 1.29 is 20.1 Å². The molecule has 4 nitrogen and oxygen atoms in total. The van der Waals surface area contributed by atoms with Crippen molar-refractivity contribution in [3.63, 3.8) is 0 Å². The Kier molecular flexibility index (Phi) is 5.42. The van der Waals surface area contributed by atoms with Crippen LogP contribution in [0.15, 0.2) is 66.5 Å². The van der Waals surface area contributed by atoms with Crippen LogP contribution in [-0.4, -0.2) is 21.1 Å². The molecule has 24 heavy (non-hydrogen) atoms. The van der Waals surface area contributed by atoms with Gasteiger partial charge in [-0.15, -0.1) is 0 Å². The second-order valence-corrected chi connectivity index (χ2v) is 5.69. The summed E-state index contributed by atoms with van der Waals surface area (Å²) in [5.74, 6) is -0.493. The highest BCUT2D eigenvalue weighted by atomic mass is 16.3. The first-order chi connectivity index (χ1) is 11.4. The van der Waals surface area contributed by atoms with Gasteiger partial charge < -0.3 is 15.3 Å². The zero-order chi connectivity index (χ0) is 17.7. The number of hydrogen-bond donors (Lipinski definition) is 3. The Morgan fingerprint density at radius 3 is 2.62 bits per heavy atom. The number of aliphatic hydroxyl groups excluding tert-OH is 1. The highest BCUT2D eigenvalue weighted by molar-refractivity contribution is 6.07. The van der Waals surface area contributed by atoms with Gasteiger partial charge in [0.2, 0.25) is 0 Å². The smallest absolute Gasteiger partial charge is 0.189 e. The quantitative estimate of drug-likeness (QED) is 0.425. The maximum atomic E-state index is 12.3. The van der Waals surface area contributed by atoms with Crippen molar-refractivity contribution in [2.45, 2.75) is 13.3 Å². The number of aromatic hydroxyl groups is 2. The van der Waals surface area contributed by atoms with E-state index in [-0.39, 0.29) is 40.1 Å². The fourth-order valence-electron chi connectivity index (χ4n) is 2.26. The van der Waals surface area contributed by atoms with Crippen molar-refractivity contribution in [1.82, 2.24) is 0 Å². The minimum atomic E-state index is -0.357. The Balaban J connectivity index is 2.22. The van der Waals surface area contributed by atoms with E-state index in [1.54, 1.807) is 37.3 Å². The molecule has 0 saturated carbocycles. The number of carbonyl (C=O) groups excluding carboxylic acids is 1. The van der Waals surface area contributed by atoms with Crippen LogP contribution in [0.2, 0.25) is 0 Å². The van der Waals surface area contributed by atoms with Gasteiger partial charge >= 0.3 is 0 Å². The first kappa shape index (κ1) is 17.3. The number of hydrogen-bond acceptors (Lipinski definition) is 4. The molecule has 1 aliphatic rings. The van der Waals surface area contributed by atoms with Crippen LogP contribution in [0.1, 0.15) is 29.3 Å². The number of carbonyl (C=O) groups is 1. The van der Waals surface area contributed by atoms with Crippen molar-refractivity contribution in [2.75, 3.05) is 0 Å². The molecule has 0 spiro atoms. The van der Waals surface area contributed by atoms with Gasteiger partial charge in [-0.2, -0.15) is 0 Å². The van der Waals surface area contributed by atoms with Gasteiger partial charge in [-0.3, -0.25) is 4.79 Å². The van der Waals surface area contributed by atoms with Crippen LogP contribution < -0.4 is 0 Å². The molecule has 1 aromatic rings. The average Bonchev–Trinajstić information content (AvgIpc) is 2.53. The fourth-order valence-corrected chi connectivity index (χ4v) is 2.26. The van der Waals surface area contributed by atoms with E-state index < -0.39 is 0 Å². The number of benzene rings is 1. The molecule has 4 heteroatoms. The van der Waals surface area contributed by atoms with Gasteiger partial charge in [0.15, 0.2) is 5.78 Å². The van der Waals surface area contributed by atoms with E-state index in [2.05, 4.69) is 6.58 Å². The van der Waals surface area contributed by atoms with E-state index in [1.165, 1.54) is 24.3 Å². The Labute approximate surface area is 141 Å². The largest absolute Gasteiger partial charge is 0.508 e. The van der Waals surface area contributed by atoms with Gasteiger partial charge in [0.05, 0.1) is 11.1 Å². The minimum Gasteiger partial charge on any atom is -0.508 e. The standard InChI is InChI=1S/C20H20O4/c1-13(2)3-9-16-19(23)12-10-17(20(16)24)18(22)11-6-14-4-7-15(21)8-5-14/h3-4,6-12,14,21,23-24H,1,5H2,2H3. The summed E-state index contributed by atoms with van der Waals surface area (Å²) >= 11 is 0. The third-order valence-electron chi connectivity index (χ3n) is 3.60. The van der Waals surface area contributed by atoms with Crippen LogP contribution in [0, 0.1) is 5.92 Å². The van der Waals surface area contributed by atoms with Crippen LogP contribution in [0.25, 0.3) is 6.08 Å². The molecule has 0 aliphatic heterocycles. The van der Waals surface area contributed by atoms with Crippen LogP contribution >= 0.6 is 0 Å². The molecule has 1 unspecified atom stereocenters. The SMILES string of the molecule is C=C(C)C=Cc1c(O)ccc(C(=O)C=CC2C=CC(O)=CC2)c1O. The number of ketones is 1. The third-order valence-corrected chi connectivity index (χ3v) is 3.60. The molecule has 1 aliphatic carbocycles. The molecule has 3 N–H and O–H groups in total. The van der Waals surface area contributed by atoms with Gasteiger partial charge in [0.25, 0.3) is 0 Å². The second kappa shape index (κ2) is 7.51. The first-order valence-corrected chi connectivity index (χ1v) is 7.57. The Hall–Kier alpha value is -3.01. The fraction of sp³-hybridized carbons (Fsp3) is 0.150. The molecular formula is C20H20O4. The molecule has 0 bridgehead atoms. The number of phenolic OH excluding ortho intramolecular Hbond substituents is 2. The van der Waals surface area contributed by atoms with Crippen LogP contribution in [0.4, 0.5) is 0 Å². The van der Waals surface area contributed by atoms with Gasteiger partial charge in [-0.05, 0) is 55.7 Å². The van der Waals surface area contributed by atoms with Crippen molar-refractivity contribution in [1.29, 1.82) is 0 Å². The summed E-state index contributed by atoms with van der Waals surface area (Å²) in [5, 5.41) is 29.4. The molecule has 0 fully saturated rings. The number of aliphatic hydroxyl groups is 1. The molecule has 0 aromatic heterocycles. The lowest BCUT2D eigenvalue weighted by molar-refractivity contribution is 0.104. The minimum absolute atomic E-state index is 0.0203. The van der Waals surface area contributed by atoms with Crippen molar-refractivity contribution in [3.8, 4) is 11.5 Å². The van der Waals surface area contributed by atoms with Crippen LogP contribution in [-0.2, 0) is 0 Å². The molecule has 1 aromatic carbocycles. The summed E-state index contributed by atoms with van der Waals surface area (Å²) < 4.78 is 0. The lowest BCUT2D eigenvalue weighted by Gasteiger charge is -2.10. The topological polar surface area (TPSA) is 77.8 Å².